The number of hydrogen-bond donors (Lipinski definition) is 0. The van der Waals surface area contributed by atoms with Gasteiger partial charge in [-0.2, -0.15) is 4.31 Å². The Hall–Kier alpha value is -2.32. The van der Waals surface area contributed by atoms with Crippen molar-refractivity contribution in [1.29, 1.82) is 0 Å². The third-order valence-electron chi connectivity index (χ3n) is 5.44. The second kappa shape index (κ2) is 7.36. The maximum atomic E-state index is 13.0. The monoisotopic (exact) mass is 386 g/mol. The van der Waals surface area contributed by atoms with Crippen LogP contribution in [-0.4, -0.2) is 58.4 Å². The van der Waals surface area contributed by atoms with Gasteiger partial charge >= 0.3 is 0 Å². The van der Waals surface area contributed by atoms with Gasteiger partial charge in [-0.05, 0) is 42.5 Å². The maximum absolute atomic E-state index is 13.0. The van der Waals surface area contributed by atoms with E-state index in [0.717, 1.165) is 5.56 Å². The predicted molar refractivity (Wildman–Crippen MR) is 100 cm³/mol. The molecule has 8 heteroatoms. The van der Waals surface area contributed by atoms with Crippen molar-refractivity contribution in [3.05, 3.63) is 60.2 Å². The highest BCUT2D eigenvalue weighted by molar-refractivity contribution is 7.90. The highest BCUT2D eigenvalue weighted by Crippen LogP contribution is 2.35. The van der Waals surface area contributed by atoms with Gasteiger partial charge in [0.05, 0.1) is 10.8 Å². The van der Waals surface area contributed by atoms with Crippen molar-refractivity contribution in [3.63, 3.8) is 0 Å². The summed E-state index contributed by atoms with van der Waals surface area (Å²) >= 11 is 0. The van der Waals surface area contributed by atoms with Crippen molar-refractivity contribution in [2.75, 3.05) is 19.6 Å². The van der Waals surface area contributed by atoms with Crippen LogP contribution in [0.1, 0.15) is 28.8 Å². The Morgan fingerprint density at radius 2 is 1.81 bits per heavy atom. The Morgan fingerprint density at radius 1 is 1.07 bits per heavy atom. The third-order valence-corrected chi connectivity index (χ3v) is 7.82. The zero-order valence-electron chi connectivity index (χ0n) is 14.9. The topological polar surface area (TPSA) is 83.5 Å². The Balaban J connectivity index is 1.46. The summed E-state index contributed by atoms with van der Waals surface area (Å²) in [7, 11) is -3.37. The molecule has 27 heavy (non-hydrogen) atoms. The molecule has 2 atom stereocenters. The fourth-order valence-corrected chi connectivity index (χ4v) is 6.24. The van der Waals surface area contributed by atoms with Crippen LogP contribution in [0.5, 0.6) is 0 Å². The van der Waals surface area contributed by atoms with E-state index >= 15 is 0 Å². The molecule has 0 bridgehead atoms. The smallest absolute Gasteiger partial charge is 0.255 e. The van der Waals surface area contributed by atoms with Crippen LogP contribution in [0, 0.1) is 5.92 Å². The largest absolute Gasteiger partial charge is 0.339 e. The molecule has 7 nitrogen and oxygen atoms in total. The predicted octanol–water partition coefficient (Wildman–Crippen LogP) is 1.54. The molecule has 2 aliphatic rings. The molecule has 0 aliphatic carbocycles. The molecule has 1 amide bonds. The lowest BCUT2D eigenvalue weighted by molar-refractivity contribution is 0.0758. The van der Waals surface area contributed by atoms with E-state index in [-0.39, 0.29) is 11.8 Å². The number of rotatable bonds is 3. The third kappa shape index (κ3) is 3.59. The summed E-state index contributed by atoms with van der Waals surface area (Å²) in [5, 5.41) is -0.416. The van der Waals surface area contributed by atoms with Crippen LogP contribution >= 0.6 is 0 Å². The van der Waals surface area contributed by atoms with Gasteiger partial charge in [-0.1, -0.05) is 6.07 Å². The van der Waals surface area contributed by atoms with Gasteiger partial charge in [0.25, 0.3) is 5.91 Å². The molecule has 0 unspecified atom stereocenters. The van der Waals surface area contributed by atoms with Gasteiger partial charge in [0, 0.05) is 51.0 Å². The molecule has 2 aromatic heterocycles. The highest BCUT2D eigenvalue weighted by atomic mass is 32.2. The van der Waals surface area contributed by atoms with Gasteiger partial charge < -0.3 is 4.90 Å². The lowest BCUT2D eigenvalue weighted by atomic mass is 10.0. The number of carbonyl (C=O) groups is 1. The minimum absolute atomic E-state index is 0.0540. The first-order valence-corrected chi connectivity index (χ1v) is 10.6. The number of fused-ring (bicyclic) bond motifs is 1. The SMILES string of the molecule is O=C(c1cccnc1)N1CC[C@@H]2CN(Cc3cccnc3)S(=O)(=O)[C@@H]2CC1. The van der Waals surface area contributed by atoms with Gasteiger partial charge in [0.2, 0.25) is 10.0 Å². The standard InChI is InChI=1S/C19H22N4O3S/c24-19(16-4-2-8-21-12-16)22-9-5-17-14-23(13-15-3-1-7-20-11-15)27(25,26)18(17)6-10-22/h1-4,7-8,11-12,17-18H,5-6,9-10,13-14H2/t17-,18-/m1/s1. The van der Waals surface area contributed by atoms with Gasteiger partial charge in [0.15, 0.2) is 0 Å². The van der Waals surface area contributed by atoms with Crippen LogP contribution < -0.4 is 0 Å². The van der Waals surface area contributed by atoms with Crippen LogP contribution in [0.2, 0.25) is 0 Å². The average Bonchev–Trinajstić information content (AvgIpc) is 2.83. The van der Waals surface area contributed by atoms with Gasteiger partial charge in [-0.15, -0.1) is 0 Å². The Bertz CT molecular complexity index is 905. The zero-order valence-corrected chi connectivity index (χ0v) is 15.8. The summed E-state index contributed by atoms with van der Waals surface area (Å²) in [5.74, 6) is -0.0222. The lowest BCUT2D eigenvalue weighted by Crippen LogP contribution is -2.34. The first-order valence-electron chi connectivity index (χ1n) is 9.13. The first-order chi connectivity index (χ1) is 13.1. The van der Waals surface area contributed by atoms with Crippen molar-refractivity contribution >= 4 is 15.9 Å². The fraction of sp³-hybridized carbons (Fsp3) is 0.421. The number of nitrogens with zero attached hydrogens (tertiary/aromatic N) is 4. The van der Waals surface area contributed by atoms with E-state index in [2.05, 4.69) is 9.97 Å². The summed E-state index contributed by atoms with van der Waals surface area (Å²) in [5.41, 5.74) is 1.44. The number of likely N-dealkylation sites (tertiary alicyclic amines) is 1. The van der Waals surface area contributed by atoms with Crippen LogP contribution in [0.25, 0.3) is 0 Å². The average molecular weight is 386 g/mol. The summed E-state index contributed by atoms with van der Waals surface area (Å²) in [4.78, 5) is 22.5. The van der Waals surface area contributed by atoms with E-state index in [1.165, 1.54) is 0 Å². The van der Waals surface area contributed by atoms with E-state index < -0.39 is 15.3 Å². The molecular formula is C19H22N4O3S. The van der Waals surface area contributed by atoms with Gasteiger partial charge in [-0.3, -0.25) is 14.8 Å². The van der Waals surface area contributed by atoms with E-state index in [1.807, 2.05) is 12.1 Å². The van der Waals surface area contributed by atoms with Gasteiger partial charge in [0.1, 0.15) is 0 Å². The lowest BCUT2D eigenvalue weighted by Gasteiger charge is -2.22. The van der Waals surface area contributed by atoms with Crippen molar-refractivity contribution in [2.45, 2.75) is 24.6 Å². The second-order valence-electron chi connectivity index (χ2n) is 7.11. The summed E-state index contributed by atoms with van der Waals surface area (Å²) in [6.07, 6.45) is 7.74. The summed E-state index contributed by atoms with van der Waals surface area (Å²) < 4.78 is 27.6. The molecule has 4 rings (SSSR count). The number of sulfonamides is 1. The highest BCUT2D eigenvalue weighted by Gasteiger charge is 2.47. The molecule has 0 radical (unpaired) electrons. The fourth-order valence-electron chi connectivity index (χ4n) is 4.02. The molecule has 2 aliphatic heterocycles. The minimum atomic E-state index is -3.37. The van der Waals surface area contributed by atoms with E-state index in [0.29, 0.717) is 44.6 Å². The number of pyridine rings is 2. The molecular weight excluding hydrogens is 364 g/mol. The molecule has 2 fully saturated rings. The molecule has 4 heterocycles. The van der Waals surface area contributed by atoms with Crippen LogP contribution in [0.4, 0.5) is 0 Å². The maximum Gasteiger partial charge on any atom is 0.255 e. The molecule has 0 spiro atoms. The van der Waals surface area contributed by atoms with Crippen molar-refractivity contribution < 1.29 is 13.2 Å². The number of amides is 1. The molecule has 0 N–H and O–H groups in total. The quantitative estimate of drug-likeness (QED) is 0.799. The number of aromatic nitrogens is 2. The number of carbonyl (C=O) groups excluding carboxylic acids is 1. The Labute approximate surface area is 159 Å². The minimum Gasteiger partial charge on any atom is -0.339 e. The summed E-state index contributed by atoms with van der Waals surface area (Å²) in [6, 6.07) is 7.19. The second-order valence-corrected chi connectivity index (χ2v) is 9.26. The van der Waals surface area contributed by atoms with Crippen LogP contribution in [0.3, 0.4) is 0 Å². The Kier molecular flexibility index (Phi) is 4.92. The van der Waals surface area contributed by atoms with Gasteiger partial charge in [-0.25, -0.2) is 8.42 Å². The molecule has 0 aromatic carbocycles. The molecule has 142 valence electrons. The van der Waals surface area contributed by atoms with E-state index in [4.69, 9.17) is 0 Å². The Morgan fingerprint density at radius 3 is 2.52 bits per heavy atom. The molecule has 2 saturated heterocycles. The van der Waals surface area contributed by atoms with E-state index in [9.17, 15) is 13.2 Å². The van der Waals surface area contributed by atoms with Crippen LogP contribution in [0.15, 0.2) is 49.1 Å². The normalized spacial score (nSPS) is 25.0. The molecule has 2 aromatic rings. The van der Waals surface area contributed by atoms with Crippen molar-refractivity contribution in [3.8, 4) is 0 Å². The zero-order chi connectivity index (χ0) is 18.9. The van der Waals surface area contributed by atoms with Crippen molar-refractivity contribution in [2.24, 2.45) is 5.92 Å². The van der Waals surface area contributed by atoms with E-state index in [1.54, 1.807) is 46.1 Å². The van der Waals surface area contributed by atoms with Crippen molar-refractivity contribution in [1.82, 2.24) is 19.2 Å². The van der Waals surface area contributed by atoms with Crippen LogP contribution in [-0.2, 0) is 16.6 Å². The first kappa shape index (κ1) is 18.1. The number of hydrogen-bond acceptors (Lipinski definition) is 5. The summed E-state index contributed by atoms with van der Waals surface area (Å²) in [6.45, 7) is 1.90. The molecule has 0 saturated carbocycles.